The van der Waals surface area contributed by atoms with Crippen LogP contribution in [-0.4, -0.2) is 0 Å². The summed E-state index contributed by atoms with van der Waals surface area (Å²) >= 11 is 0. The Kier molecular flexibility index (Phi) is 8.52. The lowest BCUT2D eigenvalue weighted by molar-refractivity contribution is 0.795. The summed E-state index contributed by atoms with van der Waals surface area (Å²) < 4.78 is 0. The summed E-state index contributed by atoms with van der Waals surface area (Å²) in [6.45, 7) is 4.29. The number of nitrogens with zero attached hydrogens (tertiary/aromatic N) is 2. The molecule has 0 N–H and O–H groups in total. The molecule has 0 saturated carbocycles. The molecule has 0 aliphatic carbocycles. The van der Waals surface area contributed by atoms with Crippen molar-refractivity contribution in [1.29, 1.82) is 5.26 Å². The number of para-hydroxylation sites is 1. The summed E-state index contributed by atoms with van der Waals surface area (Å²) in [5, 5.41) is 11.1. The molecular weight excluding hydrogens is 436 g/mol. The van der Waals surface area contributed by atoms with Gasteiger partial charge in [-0.25, -0.2) is 0 Å². The zero-order valence-electron chi connectivity index (χ0n) is 21.1. The van der Waals surface area contributed by atoms with Gasteiger partial charge in [-0.05, 0) is 73.2 Å². The lowest BCUT2D eigenvalue weighted by Crippen LogP contribution is -2.10. The standard InChI is InChI=1S/C23H19N.C11H13N/c1-18-14-16-21(17-15-18)24(20-10-3-2-4-11-20)23-13-7-9-19-8-5-6-12-22(19)23;1-2-3-5-10-6-4-7-11(8-10)9-12/h2-17H,1H3;4,6-8H,2-3,5H2,1H3. The minimum atomic E-state index is 0.767. The number of benzene rings is 5. The van der Waals surface area contributed by atoms with Gasteiger partial charge in [-0.1, -0.05) is 97.8 Å². The number of aryl methyl sites for hydroxylation is 2. The average Bonchev–Trinajstić information content (AvgIpc) is 2.94. The second-order valence-electron chi connectivity index (χ2n) is 8.92. The summed E-state index contributed by atoms with van der Waals surface area (Å²) in [6, 6.07) is 44.2. The second kappa shape index (κ2) is 12.4. The fraction of sp³-hybridized carbons (Fsp3) is 0.147. The van der Waals surface area contributed by atoms with Crippen LogP contribution in [0.4, 0.5) is 17.1 Å². The molecule has 5 aromatic rings. The van der Waals surface area contributed by atoms with E-state index in [4.69, 9.17) is 5.26 Å². The first-order valence-corrected chi connectivity index (χ1v) is 12.6. The van der Waals surface area contributed by atoms with Gasteiger partial charge >= 0.3 is 0 Å². The van der Waals surface area contributed by atoms with Gasteiger partial charge in [0.15, 0.2) is 0 Å². The van der Waals surface area contributed by atoms with Crippen LogP contribution >= 0.6 is 0 Å². The van der Waals surface area contributed by atoms with Gasteiger partial charge < -0.3 is 4.90 Å². The summed E-state index contributed by atoms with van der Waals surface area (Å²) in [4.78, 5) is 2.32. The van der Waals surface area contributed by atoms with Gasteiger partial charge in [0.05, 0.1) is 17.3 Å². The SMILES string of the molecule is CCCCc1cccc(C#N)c1.Cc1ccc(N(c2ccccc2)c2cccc3ccccc23)cc1. The van der Waals surface area contributed by atoms with Crippen molar-refractivity contribution >= 4 is 27.8 Å². The van der Waals surface area contributed by atoms with Crippen molar-refractivity contribution in [2.75, 3.05) is 4.90 Å². The van der Waals surface area contributed by atoms with Crippen molar-refractivity contribution in [1.82, 2.24) is 0 Å². The van der Waals surface area contributed by atoms with Crippen molar-refractivity contribution in [2.24, 2.45) is 0 Å². The molecule has 0 amide bonds. The van der Waals surface area contributed by atoms with Gasteiger partial charge in [-0.3, -0.25) is 0 Å². The Labute approximate surface area is 215 Å². The minimum Gasteiger partial charge on any atom is -0.310 e. The summed E-state index contributed by atoms with van der Waals surface area (Å²) in [6.07, 6.45) is 3.50. The third-order valence-corrected chi connectivity index (χ3v) is 6.19. The normalized spacial score (nSPS) is 10.2. The number of anilines is 3. The van der Waals surface area contributed by atoms with Crippen LogP contribution in [0, 0.1) is 18.3 Å². The third-order valence-electron chi connectivity index (χ3n) is 6.19. The lowest BCUT2D eigenvalue weighted by atomic mass is 10.1. The molecule has 0 bridgehead atoms. The maximum Gasteiger partial charge on any atom is 0.0991 e. The van der Waals surface area contributed by atoms with Crippen molar-refractivity contribution in [3.8, 4) is 6.07 Å². The Balaban J connectivity index is 0.000000214. The van der Waals surface area contributed by atoms with Crippen molar-refractivity contribution < 1.29 is 0 Å². The summed E-state index contributed by atoms with van der Waals surface area (Å²) in [5.41, 5.74) is 6.84. The zero-order chi connectivity index (χ0) is 25.2. The molecule has 0 aliphatic heterocycles. The first-order valence-electron chi connectivity index (χ1n) is 12.6. The molecule has 2 nitrogen and oxygen atoms in total. The highest BCUT2D eigenvalue weighted by molar-refractivity contribution is 5.98. The summed E-state index contributed by atoms with van der Waals surface area (Å²) in [7, 11) is 0. The first kappa shape index (κ1) is 24.8. The lowest BCUT2D eigenvalue weighted by Gasteiger charge is -2.26. The fourth-order valence-electron chi connectivity index (χ4n) is 4.28. The molecule has 0 fully saturated rings. The van der Waals surface area contributed by atoms with Gasteiger partial charge in [0.2, 0.25) is 0 Å². The maximum absolute atomic E-state index is 8.64. The highest BCUT2D eigenvalue weighted by atomic mass is 15.1. The molecule has 0 spiro atoms. The molecule has 0 heterocycles. The van der Waals surface area contributed by atoms with Crippen LogP contribution in [0.15, 0.2) is 121 Å². The maximum atomic E-state index is 8.64. The molecule has 0 radical (unpaired) electrons. The molecule has 5 rings (SSSR count). The van der Waals surface area contributed by atoms with E-state index in [1.54, 1.807) is 0 Å². The molecule has 0 saturated heterocycles. The number of rotatable bonds is 6. The topological polar surface area (TPSA) is 27.0 Å². The van der Waals surface area contributed by atoms with Gasteiger partial charge in [-0.2, -0.15) is 5.26 Å². The van der Waals surface area contributed by atoms with Gasteiger partial charge in [0.1, 0.15) is 0 Å². The van der Waals surface area contributed by atoms with Crippen LogP contribution in [0.5, 0.6) is 0 Å². The van der Waals surface area contributed by atoms with Crippen LogP contribution in [0.25, 0.3) is 10.8 Å². The molecule has 178 valence electrons. The fourth-order valence-corrected chi connectivity index (χ4v) is 4.28. The van der Waals surface area contributed by atoms with E-state index >= 15 is 0 Å². The second-order valence-corrected chi connectivity index (χ2v) is 8.92. The van der Waals surface area contributed by atoms with E-state index in [0.717, 1.165) is 17.7 Å². The van der Waals surface area contributed by atoms with Crippen LogP contribution in [0.2, 0.25) is 0 Å². The Morgan fingerprint density at radius 1 is 0.694 bits per heavy atom. The Morgan fingerprint density at radius 2 is 1.36 bits per heavy atom. The highest BCUT2D eigenvalue weighted by Crippen LogP contribution is 2.38. The Bertz CT molecular complexity index is 1420. The Hall–Kier alpha value is -4.35. The number of unbranched alkanes of at least 4 members (excludes halogenated alkanes) is 1. The van der Waals surface area contributed by atoms with E-state index in [1.165, 1.54) is 46.1 Å². The van der Waals surface area contributed by atoms with Crippen LogP contribution in [0.1, 0.15) is 36.5 Å². The third kappa shape index (κ3) is 6.20. The number of fused-ring (bicyclic) bond motifs is 1. The number of hydrogen-bond acceptors (Lipinski definition) is 2. The van der Waals surface area contributed by atoms with Gasteiger partial charge in [-0.15, -0.1) is 0 Å². The van der Waals surface area contributed by atoms with Crippen LogP contribution < -0.4 is 4.90 Å². The average molecular weight is 469 g/mol. The van der Waals surface area contributed by atoms with E-state index in [1.807, 2.05) is 18.2 Å². The molecule has 5 aromatic carbocycles. The number of nitriles is 1. The molecular formula is C34H32N2. The monoisotopic (exact) mass is 468 g/mol. The van der Waals surface area contributed by atoms with Gasteiger partial charge in [0, 0.05) is 16.8 Å². The molecule has 2 heteroatoms. The zero-order valence-corrected chi connectivity index (χ0v) is 21.1. The first-order chi connectivity index (χ1) is 17.7. The van der Waals surface area contributed by atoms with Crippen molar-refractivity contribution in [3.63, 3.8) is 0 Å². The van der Waals surface area contributed by atoms with E-state index in [-0.39, 0.29) is 0 Å². The summed E-state index contributed by atoms with van der Waals surface area (Å²) in [5.74, 6) is 0. The van der Waals surface area contributed by atoms with Crippen LogP contribution in [0.3, 0.4) is 0 Å². The van der Waals surface area contributed by atoms with E-state index in [2.05, 4.69) is 128 Å². The van der Waals surface area contributed by atoms with E-state index in [0.29, 0.717) is 0 Å². The van der Waals surface area contributed by atoms with E-state index < -0.39 is 0 Å². The smallest absolute Gasteiger partial charge is 0.0991 e. The quantitative estimate of drug-likeness (QED) is 0.248. The predicted octanol–water partition coefficient (Wildman–Crippen LogP) is 9.52. The predicted molar refractivity (Wildman–Crippen MR) is 153 cm³/mol. The van der Waals surface area contributed by atoms with Gasteiger partial charge in [0.25, 0.3) is 0 Å². The highest BCUT2D eigenvalue weighted by Gasteiger charge is 2.14. The largest absolute Gasteiger partial charge is 0.310 e. The minimum absolute atomic E-state index is 0.767. The molecule has 0 aliphatic rings. The Morgan fingerprint density at radius 3 is 2.11 bits per heavy atom. The van der Waals surface area contributed by atoms with Crippen LogP contribution in [-0.2, 0) is 6.42 Å². The molecule has 0 unspecified atom stereocenters. The molecule has 0 atom stereocenters. The number of hydrogen-bond donors (Lipinski definition) is 0. The van der Waals surface area contributed by atoms with E-state index in [9.17, 15) is 0 Å². The molecule has 36 heavy (non-hydrogen) atoms. The van der Waals surface area contributed by atoms with Crippen molar-refractivity contribution in [3.05, 3.63) is 138 Å². The van der Waals surface area contributed by atoms with Crippen molar-refractivity contribution in [2.45, 2.75) is 33.1 Å². The molecule has 0 aromatic heterocycles.